The molecule has 92 valence electrons. The molecule has 2 heterocycles. The zero-order valence-corrected chi connectivity index (χ0v) is 9.84. The SMILES string of the molecule is Cc1cc(ON2C=NC=C3NNC=C32)ccc1N. The van der Waals surface area contributed by atoms with Gasteiger partial charge < -0.3 is 16.0 Å². The highest BCUT2D eigenvalue weighted by atomic mass is 16.7. The highest BCUT2D eigenvalue weighted by molar-refractivity contribution is 5.63. The van der Waals surface area contributed by atoms with Gasteiger partial charge in [0.05, 0.1) is 6.20 Å². The third-order valence-electron chi connectivity index (χ3n) is 2.75. The minimum absolute atomic E-state index is 0.710. The van der Waals surface area contributed by atoms with Gasteiger partial charge in [-0.05, 0) is 30.7 Å². The van der Waals surface area contributed by atoms with Gasteiger partial charge in [0.2, 0.25) is 0 Å². The molecule has 0 unspecified atom stereocenters. The predicted molar refractivity (Wildman–Crippen MR) is 69.0 cm³/mol. The Kier molecular flexibility index (Phi) is 2.33. The molecule has 2 aliphatic heterocycles. The number of hydrogen-bond acceptors (Lipinski definition) is 6. The van der Waals surface area contributed by atoms with Crippen LogP contribution < -0.4 is 21.4 Å². The summed E-state index contributed by atoms with van der Waals surface area (Å²) in [6, 6.07) is 5.53. The molecule has 0 amide bonds. The average Bonchev–Trinajstić information content (AvgIpc) is 2.83. The number of nitrogens with one attached hydrogen (secondary N) is 2. The average molecular weight is 243 g/mol. The lowest BCUT2D eigenvalue weighted by molar-refractivity contribution is 0.0645. The van der Waals surface area contributed by atoms with E-state index in [1.807, 2.05) is 25.1 Å². The summed E-state index contributed by atoms with van der Waals surface area (Å²) in [5, 5.41) is 1.59. The van der Waals surface area contributed by atoms with E-state index in [-0.39, 0.29) is 0 Å². The molecule has 0 spiro atoms. The minimum atomic E-state index is 0.710. The predicted octanol–water partition coefficient (Wildman–Crippen LogP) is 1.01. The fourth-order valence-electron chi connectivity index (χ4n) is 1.73. The fraction of sp³-hybridized carbons (Fsp3) is 0.0833. The van der Waals surface area contributed by atoms with E-state index < -0.39 is 0 Å². The second-order valence-electron chi connectivity index (χ2n) is 4.04. The normalized spacial score (nSPS) is 16.4. The van der Waals surface area contributed by atoms with Crippen molar-refractivity contribution in [1.29, 1.82) is 0 Å². The molecule has 1 aromatic rings. The molecular formula is C12H13N5O. The van der Waals surface area contributed by atoms with Crippen LogP contribution in [-0.4, -0.2) is 11.4 Å². The summed E-state index contributed by atoms with van der Waals surface area (Å²) in [5.41, 5.74) is 15.1. The molecule has 2 aliphatic rings. The van der Waals surface area contributed by atoms with Crippen molar-refractivity contribution >= 4 is 12.0 Å². The number of aliphatic imine (C=N–C) groups is 1. The Hall–Kier alpha value is -2.63. The van der Waals surface area contributed by atoms with Crippen LogP contribution in [0, 0.1) is 6.92 Å². The Morgan fingerprint density at radius 2 is 2.28 bits per heavy atom. The number of fused-ring (bicyclic) bond motifs is 1. The first-order valence-electron chi connectivity index (χ1n) is 5.53. The molecule has 18 heavy (non-hydrogen) atoms. The number of hydrogen-bond donors (Lipinski definition) is 3. The topological polar surface area (TPSA) is 74.9 Å². The van der Waals surface area contributed by atoms with Crippen LogP contribution in [0.1, 0.15) is 5.56 Å². The molecule has 0 bridgehead atoms. The molecule has 0 saturated heterocycles. The molecular weight excluding hydrogens is 230 g/mol. The third-order valence-corrected chi connectivity index (χ3v) is 2.75. The van der Waals surface area contributed by atoms with E-state index >= 15 is 0 Å². The van der Waals surface area contributed by atoms with Gasteiger partial charge in [0.25, 0.3) is 0 Å². The zero-order chi connectivity index (χ0) is 12.5. The number of nitrogens with two attached hydrogens (primary N) is 1. The number of nitrogen functional groups attached to an aromatic ring is 1. The lowest BCUT2D eigenvalue weighted by atomic mass is 10.2. The molecule has 0 aromatic heterocycles. The van der Waals surface area contributed by atoms with Crippen LogP contribution in [-0.2, 0) is 0 Å². The van der Waals surface area contributed by atoms with Gasteiger partial charge in [-0.1, -0.05) is 0 Å². The summed E-state index contributed by atoms with van der Waals surface area (Å²) < 4.78 is 0. The molecule has 0 saturated carbocycles. The molecule has 0 fully saturated rings. The van der Waals surface area contributed by atoms with Gasteiger partial charge in [-0.3, -0.25) is 5.43 Å². The van der Waals surface area contributed by atoms with Crippen LogP contribution in [0.5, 0.6) is 5.75 Å². The van der Waals surface area contributed by atoms with E-state index in [2.05, 4.69) is 15.8 Å². The van der Waals surface area contributed by atoms with Gasteiger partial charge in [0, 0.05) is 11.9 Å². The Bertz CT molecular complexity index is 576. The molecule has 1 aromatic carbocycles. The minimum Gasteiger partial charge on any atom is -0.399 e. The monoisotopic (exact) mass is 243 g/mol. The highest BCUT2D eigenvalue weighted by Gasteiger charge is 2.21. The summed E-state index contributed by atoms with van der Waals surface area (Å²) in [5.74, 6) is 0.710. The van der Waals surface area contributed by atoms with Crippen molar-refractivity contribution in [2.24, 2.45) is 4.99 Å². The van der Waals surface area contributed by atoms with Crippen LogP contribution in [0.3, 0.4) is 0 Å². The van der Waals surface area contributed by atoms with Crippen molar-refractivity contribution in [2.75, 3.05) is 5.73 Å². The van der Waals surface area contributed by atoms with Crippen molar-refractivity contribution in [3.63, 3.8) is 0 Å². The van der Waals surface area contributed by atoms with Gasteiger partial charge in [-0.15, -0.1) is 0 Å². The summed E-state index contributed by atoms with van der Waals surface area (Å²) in [7, 11) is 0. The fourth-order valence-corrected chi connectivity index (χ4v) is 1.73. The maximum Gasteiger partial charge on any atom is 0.156 e. The van der Waals surface area contributed by atoms with E-state index in [0.717, 1.165) is 22.6 Å². The van der Waals surface area contributed by atoms with Crippen molar-refractivity contribution in [3.8, 4) is 5.75 Å². The number of nitrogens with zero attached hydrogens (tertiary/aromatic N) is 2. The van der Waals surface area contributed by atoms with E-state index in [9.17, 15) is 0 Å². The molecule has 6 nitrogen and oxygen atoms in total. The number of anilines is 1. The summed E-state index contributed by atoms with van der Waals surface area (Å²) in [4.78, 5) is 9.83. The molecule has 3 rings (SSSR count). The standard InChI is InChI=1S/C12H13N5O/c1-8-4-9(2-3-10(8)13)18-17-7-14-5-11-12(17)6-15-16-11/h2-7,15-16H,13H2,1H3. The Balaban J connectivity index is 1.82. The Morgan fingerprint density at radius 1 is 1.39 bits per heavy atom. The van der Waals surface area contributed by atoms with Crippen molar-refractivity contribution in [2.45, 2.75) is 6.92 Å². The first-order valence-corrected chi connectivity index (χ1v) is 5.53. The highest BCUT2D eigenvalue weighted by Crippen LogP contribution is 2.23. The molecule has 0 aliphatic carbocycles. The van der Waals surface area contributed by atoms with E-state index in [0.29, 0.717) is 5.75 Å². The largest absolute Gasteiger partial charge is 0.399 e. The second kappa shape index (κ2) is 3.99. The van der Waals surface area contributed by atoms with Crippen LogP contribution in [0.2, 0.25) is 0 Å². The third kappa shape index (κ3) is 1.73. The Labute approximate surface area is 104 Å². The maximum atomic E-state index is 5.77. The van der Waals surface area contributed by atoms with Crippen LogP contribution >= 0.6 is 0 Å². The summed E-state index contributed by atoms with van der Waals surface area (Å²) in [6.45, 7) is 1.94. The number of hydroxylamine groups is 2. The van der Waals surface area contributed by atoms with Gasteiger partial charge in [0.1, 0.15) is 17.7 Å². The van der Waals surface area contributed by atoms with Crippen molar-refractivity contribution < 1.29 is 4.84 Å². The number of hydrazine groups is 1. The van der Waals surface area contributed by atoms with Gasteiger partial charge in [-0.25, -0.2) is 4.99 Å². The molecule has 4 N–H and O–H groups in total. The number of aryl methyl sites for hydroxylation is 1. The van der Waals surface area contributed by atoms with Crippen molar-refractivity contribution in [3.05, 3.63) is 47.6 Å². The first kappa shape index (κ1) is 10.5. The van der Waals surface area contributed by atoms with Crippen molar-refractivity contribution in [1.82, 2.24) is 15.9 Å². The maximum absolute atomic E-state index is 5.77. The summed E-state index contributed by atoms with van der Waals surface area (Å²) in [6.07, 6.45) is 5.14. The van der Waals surface area contributed by atoms with Crippen LogP contribution in [0.15, 0.2) is 47.0 Å². The van der Waals surface area contributed by atoms with Gasteiger partial charge >= 0.3 is 0 Å². The van der Waals surface area contributed by atoms with E-state index in [4.69, 9.17) is 10.6 Å². The van der Waals surface area contributed by atoms with E-state index in [1.54, 1.807) is 23.8 Å². The van der Waals surface area contributed by atoms with Crippen LogP contribution in [0.25, 0.3) is 0 Å². The lowest BCUT2D eigenvalue weighted by Crippen LogP contribution is -2.29. The first-order chi connectivity index (χ1) is 8.74. The lowest BCUT2D eigenvalue weighted by Gasteiger charge is -2.22. The number of benzene rings is 1. The smallest absolute Gasteiger partial charge is 0.156 e. The molecule has 6 heteroatoms. The molecule has 0 radical (unpaired) electrons. The zero-order valence-electron chi connectivity index (χ0n) is 9.84. The molecule has 0 atom stereocenters. The quantitative estimate of drug-likeness (QED) is 0.676. The second-order valence-corrected chi connectivity index (χ2v) is 4.04. The van der Waals surface area contributed by atoms with Gasteiger partial charge in [-0.2, -0.15) is 5.06 Å². The Morgan fingerprint density at radius 3 is 3.11 bits per heavy atom. The van der Waals surface area contributed by atoms with E-state index in [1.165, 1.54) is 0 Å². The van der Waals surface area contributed by atoms with Gasteiger partial charge in [0.15, 0.2) is 5.75 Å². The van der Waals surface area contributed by atoms with Crippen LogP contribution in [0.4, 0.5) is 5.69 Å². The number of rotatable bonds is 2. The summed E-state index contributed by atoms with van der Waals surface area (Å²) >= 11 is 0.